The van der Waals surface area contributed by atoms with E-state index in [1.54, 1.807) is 55.2 Å². The van der Waals surface area contributed by atoms with E-state index in [1.807, 2.05) is 6.07 Å². The second-order valence-electron chi connectivity index (χ2n) is 5.43. The van der Waals surface area contributed by atoms with Crippen molar-refractivity contribution in [2.45, 2.75) is 13.8 Å². The number of anilines is 1. The second kappa shape index (κ2) is 7.00. The first-order chi connectivity index (χ1) is 12.0. The lowest BCUT2D eigenvalue weighted by Crippen LogP contribution is -2.21. The number of carbonyl (C=O) groups excluding carboxylic acids is 2. The van der Waals surface area contributed by atoms with Crippen molar-refractivity contribution in [1.82, 2.24) is 20.0 Å². The number of hydrogen-bond acceptors (Lipinski definition) is 5. The molecular formula is C17H17N5O3. The zero-order valence-corrected chi connectivity index (χ0v) is 13.8. The Morgan fingerprint density at radius 2 is 2.00 bits per heavy atom. The maximum Gasteiger partial charge on any atom is 0.338 e. The Kier molecular flexibility index (Phi) is 4.60. The van der Waals surface area contributed by atoms with Gasteiger partial charge in [-0.15, -0.1) is 0 Å². The van der Waals surface area contributed by atoms with Crippen LogP contribution < -0.4 is 5.32 Å². The zero-order valence-electron chi connectivity index (χ0n) is 13.8. The molecule has 3 aromatic rings. The summed E-state index contributed by atoms with van der Waals surface area (Å²) in [6.07, 6.45) is 3.47. The average molecular weight is 339 g/mol. The predicted molar refractivity (Wildman–Crippen MR) is 90.5 cm³/mol. The standard InChI is InChI=1S/C17H17N5O3/c1-11-16(12(2)21-20-11)19-15(23)10-25-17(24)13-4-6-14(7-5-13)22-9-3-8-18-22/h3-9H,10H2,1-2H3,(H,19,23)(H,20,21). The first kappa shape index (κ1) is 16.4. The van der Waals surface area contributed by atoms with E-state index >= 15 is 0 Å². The zero-order chi connectivity index (χ0) is 17.8. The van der Waals surface area contributed by atoms with Gasteiger partial charge in [0.05, 0.1) is 28.3 Å². The van der Waals surface area contributed by atoms with Gasteiger partial charge >= 0.3 is 5.97 Å². The Morgan fingerprint density at radius 3 is 2.60 bits per heavy atom. The van der Waals surface area contributed by atoms with E-state index in [-0.39, 0.29) is 6.61 Å². The van der Waals surface area contributed by atoms with Crippen molar-refractivity contribution in [2.75, 3.05) is 11.9 Å². The van der Waals surface area contributed by atoms with Crippen molar-refractivity contribution < 1.29 is 14.3 Å². The topological polar surface area (TPSA) is 102 Å². The van der Waals surface area contributed by atoms with E-state index < -0.39 is 11.9 Å². The van der Waals surface area contributed by atoms with Crippen LogP contribution in [0.25, 0.3) is 5.69 Å². The Hall–Kier alpha value is -3.42. The number of ether oxygens (including phenoxy) is 1. The quantitative estimate of drug-likeness (QED) is 0.692. The van der Waals surface area contributed by atoms with Gasteiger partial charge in [0.15, 0.2) is 6.61 Å². The number of nitrogens with one attached hydrogen (secondary N) is 2. The summed E-state index contributed by atoms with van der Waals surface area (Å²) in [4.78, 5) is 24.0. The minimum atomic E-state index is -0.567. The van der Waals surface area contributed by atoms with E-state index in [4.69, 9.17) is 4.74 Å². The molecule has 2 aromatic heterocycles. The Balaban J connectivity index is 1.56. The Bertz CT molecular complexity index is 862. The van der Waals surface area contributed by atoms with Gasteiger partial charge in [0.1, 0.15) is 0 Å². The van der Waals surface area contributed by atoms with Crippen LogP contribution in [0.3, 0.4) is 0 Å². The van der Waals surface area contributed by atoms with Crippen LogP contribution in [0, 0.1) is 13.8 Å². The number of benzene rings is 1. The minimum absolute atomic E-state index is 0.361. The van der Waals surface area contributed by atoms with Gasteiger partial charge in [0, 0.05) is 12.4 Å². The molecular weight excluding hydrogens is 322 g/mol. The van der Waals surface area contributed by atoms with E-state index in [1.165, 1.54) is 0 Å². The molecule has 1 aromatic carbocycles. The summed E-state index contributed by atoms with van der Waals surface area (Å²) in [6, 6.07) is 8.57. The summed E-state index contributed by atoms with van der Waals surface area (Å²) in [5, 5.41) is 13.5. The number of carbonyl (C=O) groups is 2. The molecule has 8 heteroatoms. The molecule has 2 heterocycles. The largest absolute Gasteiger partial charge is 0.452 e. The van der Waals surface area contributed by atoms with Crippen LogP contribution in [-0.2, 0) is 9.53 Å². The van der Waals surface area contributed by atoms with Crippen LogP contribution in [0.5, 0.6) is 0 Å². The fraction of sp³-hybridized carbons (Fsp3) is 0.176. The average Bonchev–Trinajstić information content (AvgIpc) is 3.26. The number of aryl methyl sites for hydroxylation is 2. The molecule has 8 nitrogen and oxygen atoms in total. The number of esters is 1. The van der Waals surface area contributed by atoms with Crippen molar-refractivity contribution in [2.24, 2.45) is 0 Å². The molecule has 3 rings (SSSR count). The van der Waals surface area contributed by atoms with Gasteiger partial charge in [0.2, 0.25) is 0 Å². The molecule has 2 N–H and O–H groups in total. The number of aromatic amines is 1. The third-order valence-electron chi connectivity index (χ3n) is 3.60. The molecule has 0 spiro atoms. The van der Waals surface area contributed by atoms with Crippen LogP contribution in [-0.4, -0.2) is 38.5 Å². The molecule has 0 fully saturated rings. The lowest BCUT2D eigenvalue weighted by molar-refractivity contribution is -0.119. The monoisotopic (exact) mass is 339 g/mol. The van der Waals surface area contributed by atoms with Crippen LogP contribution in [0.4, 0.5) is 5.69 Å². The van der Waals surface area contributed by atoms with Gasteiger partial charge in [-0.3, -0.25) is 9.89 Å². The molecule has 1 amide bonds. The molecule has 0 aliphatic rings. The summed E-state index contributed by atoms with van der Waals surface area (Å²) in [7, 11) is 0. The van der Waals surface area contributed by atoms with Crippen molar-refractivity contribution in [1.29, 1.82) is 0 Å². The van der Waals surface area contributed by atoms with Crippen molar-refractivity contribution >= 4 is 17.6 Å². The van der Waals surface area contributed by atoms with Crippen LogP contribution in [0.1, 0.15) is 21.7 Å². The highest BCUT2D eigenvalue weighted by molar-refractivity contribution is 5.96. The third kappa shape index (κ3) is 3.74. The van der Waals surface area contributed by atoms with Crippen molar-refractivity contribution in [3.8, 4) is 5.69 Å². The number of amides is 1. The molecule has 0 unspecified atom stereocenters. The Labute approximate surface area is 143 Å². The van der Waals surface area contributed by atoms with Crippen LogP contribution >= 0.6 is 0 Å². The minimum Gasteiger partial charge on any atom is -0.452 e. The highest BCUT2D eigenvalue weighted by Crippen LogP contribution is 2.15. The molecule has 0 saturated carbocycles. The fourth-order valence-corrected chi connectivity index (χ4v) is 2.30. The van der Waals surface area contributed by atoms with Gasteiger partial charge in [-0.05, 0) is 44.2 Å². The number of hydrogen-bond donors (Lipinski definition) is 2. The third-order valence-corrected chi connectivity index (χ3v) is 3.60. The number of aromatic nitrogens is 4. The fourth-order valence-electron chi connectivity index (χ4n) is 2.30. The first-order valence-corrected chi connectivity index (χ1v) is 7.63. The lowest BCUT2D eigenvalue weighted by atomic mass is 10.2. The first-order valence-electron chi connectivity index (χ1n) is 7.63. The highest BCUT2D eigenvalue weighted by Gasteiger charge is 2.13. The molecule has 25 heavy (non-hydrogen) atoms. The van der Waals surface area contributed by atoms with Crippen LogP contribution in [0.2, 0.25) is 0 Å². The SMILES string of the molecule is Cc1n[nH]c(C)c1NC(=O)COC(=O)c1ccc(-n2cccn2)cc1. The van der Waals surface area contributed by atoms with Gasteiger partial charge in [0.25, 0.3) is 5.91 Å². The predicted octanol–water partition coefficient (Wildman–Crippen LogP) is 2.01. The van der Waals surface area contributed by atoms with Crippen molar-refractivity contribution in [3.05, 3.63) is 59.7 Å². The second-order valence-corrected chi connectivity index (χ2v) is 5.43. The summed E-state index contributed by atoms with van der Waals surface area (Å²) in [6.45, 7) is 3.19. The smallest absolute Gasteiger partial charge is 0.338 e. The molecule has 0 bridgehead atoms. The number of H-pyrrole nitrogens is 1. The molecule has 0 aliphatic heterocycles. The van der Waals surface area contributed by atoms with Gasteiger partial charge < -0.3 is 10.1 Å². The van der Waals surface area contributed by atoms with Crippen LogP contribution in [0.15, 0.2) is 42.7 Å². The number of rotatable bonds is 5. The maximum absolute atomic E-state index is 12.0. The molecule has 0 aliphatic carbocycles. The molecule has 128 valence electrons. The van der Waals surface area contributed by atoms with Crippen molar-refractivity contribution in [3.63, 3.8) is 0 Å². The Morgan fingerprint density at radius 1 is 1.24 bits per heavy atom. The molecule has 0 atom stereocenters. The summed E-state index contributed by atoms with van der Waals surface area (Å²) in [5.74, 6) is -0.989. The van der Waals surface area contributed by atoms with Gasteiger partial charge in [-0.1, -0.05) is 0 Å². The normalized spacial score (nSPS) is 10.5. The van der Waals surface area contributed by atoms with Gasteiger partial charge in [-0.25, -0.2) is 9.48 Å². The van der Waals surface area contributed by atoms with E-state index in [0.29, 0.717) is 16.9 Å². The van der Waals surface area contributed by atoms with E-state index in [9.17, 15) is 9.59 Å². The summed E-state index contributed by atoms with van der Waals surface area (Å²) < 4.78 is 6.72. The van der Waals surface area contributed by atoms with E-state index in [2.05, 4.69) is 20.6 Å². The summed E-state index contributed by atoms with van der Waals surface area (Å²) >= 11 is 0. The number of nitrogens with zero attached hydrogens (tertiary/aromatic N) is 3. The maximum atomic E-state index is 12.0. The summed E-state index contributed by atoms with van der Waals surface area (Å²) in [5.41, 5.74) is 3.20. The lowest BCUT2D eigenvalue weighted by Gasteiger charge is -2.07. The van der Waals surface area contributed by atoms with Gasteiger partial charge in [-0.2, -0.15) is 10.2 Å². The van der Waals surface area contributed by atoms with E-state index in [0.717, 1.165) is 11.4 Å². The molecule has 0 radical (unpaired) electrons. The molecule has 0 saturated heterocycles. The highest BCUT2D eigenvalue weighted by atomic mass is 16.5.